The van der Waals surface area contributed by atoms with E-state index in [4.69, 9.17) is 0 Å². The third kappa shape index (κ3) is 1.72. The van der Waals surface area contributed by atoms with Gasteiger partial charge in [-0.2, -0.15) is 4.99 Å². The van der Waals surface area contributed by atoms with Gasteiger partial charge in [0.1, 0.15) is 11.4 Å². The number of rotatable bonds is 2. The van der Waals surface area contributed by atoms with Crippen LogP contribution in [0.2, 0.25) is 0 Å². The molecule has 0 unspecified atom stereocenters. The lowest BCUT2D eigenvalue weighted by atomic mass is 10.0. The molecule has 2 saturated heterocycles. The van der Waals surface area contributed by atoms with Gasteiger partial charge in [0, 0.05) is 0 Å². The van der Waals surface area contributed by atoms with Crippen molar-refractivity contribution in [1.82, 2.24) is 9.80 Å². The first-order valence-corrected chi connectivity index (χ1v) is 8.30. The summed E-state index contributed by atoms with van der Waals surface area (Å²) < 4.78 is -0.495. The van der Waals surface area contributed by atoms with E-state index in [-0.39, 0.29) is 5.91 Å². The molecule has 0 spiro atoms. The van der Waals surface area contributed by atoms with Crippen molar-refractivity contribution in [3.8, 4) is 0 Å². The van der Waals surface area contributed by atoms with E-state index in [2.05, 4.69) is 4.99 Å². The molecule has 0 aliphatic carbocycles. The van der Waals surface area contributed by atoms with Crippen LogP contribution in [0.1, 0.15) is 34.6 Å². The molecule has 3 aliphatic heterocycles. The van der Waals surface area contributed by atoms with Crippen molar-refractivity contribution < 1.29 is 19.2 Å². The van der Waals surface area contributed by atoms with E-state index in [0.717, 1.165) is 4.90 Å². The third-order valence-electron chi connectivity index (χ3n) is 4.64. The molecule has 4 rings (SSSR count). The molecule has 1 aromatic rings. The van der Waals surface area contributed by atoms with Crippen LogP contribution in [-0.2, 0) is 9.59 Å². The Kier molecular flexibility index (Phi) is 3.01. The van der Waals surface area contributed by atoms with Gasteiger partial charge in [-0.1, -0.05) is 12.1 Å². The van der Waals surface area contributed by atoms with Crippen LogP contribution in [0.15, 0.2) is 29.3 Å². The number of isocyanates is 1. The summed E-state index contributed by atoms with van der Waals surface area (Å²) in [4.78, 5) is 54.7. The molecule has 3 amide bonds. The molecule has 0 radical (unpaired) electrons. The van der Waals surface area contributed by atoms with E-state index in [9.17, 15) is 19.2 Å². The number of hydrogen-bond acceptors (Lipinski definition) is 6. The maximum absolute atomic E-state index is 12.6. The van der Waals surface area contributed by atoms with E-state index in [0.29, 0.717) is 11.1 Å². The third-order valence-corrected chi connectivity index (χ3v) is 6.18. The quantitative estimate of drug-likeness (QED) is 0.346. The molecule has 8 heteroatoms. The molecule has 0 N–H and O–H groups in total. The number of hydrogen-bond donors (Lipinski definition) is 0. The number of β-lactam (4-membered cyclic amide) rings is 1. The predicted octanol–water partition coefficient (Wildman–Crippen LogP) is 1.01. The lowest BCUT2D eigenvalue weighted by Gasteiger charge is -2.45. The summed E-state index contributed by atoms with van der Waals surface area (Å²) in [6, 6.07) is 5.69. The van der Waals surface area contributed by atoms with Crippen LogP contribution in [0, 0.1) is 0 Å². The number of amides is 3. The van der Waals surface area contributed by atoms with Crippen molar-refractivity contribution in [2.24, 2.45) is 4.99 Å². The van der Waals surface area contributed by atoms with Gasteiger partial charge in [0.15, 0.2) is 6.17 Å². The first kappa shape index (κ1) is 15.1. The van der Waals surface area contributed by atoms with Gasteiger partial charge in [0.25, 0.3) is 17.7 Å². The molecule has 3 aliphatic rings. The molecule has 7 nitrogen and oxygen atoms in total. The minimum absolute atomic E-state index is 0.318. The molecule has 2 fully saturated rings. The molecule has 24 heavy (non-hydrogen) atoms. The maximum Gasteiger partial charge on any atom is 0.262 e. The summed E-state index contributed by atoms with van der Waals surface area (Å²) in [7, 11) is 0. The zero-order valence-corrected chi connectivity index (χ0v) is 13.7. The fourth-order valence-corrected chi connectivity index (χ4v) is 5.13. The van der Waals surface area contributed by atoms with Crippen molar-refractivity contribution in [3.63, 3.8) is 0 Å². The molecular weight excluding hydrogens is 330 g/mol. The van der Waals surface area contributed by atoms with E-state index < -0.39 is 34.1 Å². The van der Waals surface area contributed by atoms with Gasteiger partial charge in [-0.3, -0.25) is 19.3 Å². The Morgan fingerprint density at radius 3 is 2.25 bits per heavy atom. The van der Waals surface area contributed by atoms with Crippen LogP contribution >= 0.6 is 11.8 Å². The fourth-order valence-electron chi connectivity index (χ4n) is 3.52. The minimum atomic E-state index is -0.853. The molecule has 1 aromatic carbocycles. The highest BCUT2D eigenvalue weighted by Gasteiger charge is 2.65. The van der Waals surface area contributed by atoms with E-state index in [1.807, 2.05) is 13.8 Å². The summed E-state index contributed by atoms with van der Waals surface area (Å²) >= 11 is 1.43. The highest BCUT2D eigenvalue weighted by Crippen LogP contribution is 2.53. The first-order chi connectivity index (χ1) is 11.4. The van der Waals surface area contributed by atoms with Gasteiger partial charge in [0.2, 0.25) is 6.08 Å². The van der Waals surface area contributed by atoms with Crippen molar-refractivity contribution in [1.29, 1.82) is 0 Å². The fraction of sp³-hybridized carbons (Fsp3) is 0.375. The van der Waals surface area contributed by atoms with Gasteiger partial charge >= 0.3 is 0 Å². The second-order valence-electron chi connectivity index (χ2n) is 6.42. The number of carbonyl (C=O) groups is 3. The second-order valence-corrected chi connectivity index (χ2v) is 8.19. The number of aliphatic imine (C=N–C) groups is 1. The topological polar surface area (TPSA) is 87.1 Å². The number of nitrogens with zero attached hydrogens (tertiary/aromatic N) is 3. The van der Waals surface area contributed by atoms with Gasteiger partial charge in [-0.25, -0.2) is 4.79 Å². The van der Waals surface area contributed by atoms with Gasteiger partial charge in [-0.15, -0.1) is 11.8 Å². The summed E-state index contributed by atoms with van der Waals surface area (Å²) in [6.45, 7) is 3.74. The van der Waals surface area contributed by atoms with Crippen molar-refractivity contribution >= 4 is 35.6 Å². The molecular formula is C16H13N3O4S. The van der Waals surface area contributed by atoms with Crippen molar-refractivity contribution in [2.75, 3.05) is 0 Å². The smallest absolute Gasteiger partial charge is 0.262 e. The number of carbonyl (C=O) groups excluding carboxylic acids is 4. The molecule has 0 saturated carbocycles. The van der Waals surface area contributed by atoms with Crippen LogP contribution < -0.4 is 0 Å². The van der Waals surface area contributed by atoms with Crippen molar-refractivity contribution in [3.05, 3.63) is 35.4 Å². The van der Waals surface area contributed by atoms with Gasteiger partial charge in [-0.05, 0) is 26.0 Å². The standard InChI is InChI=1S/C16H13N3O4S/c1-16(2)15(17-7-20)19-13(23)10(14(19)24-16)18-11(21)8-5-3-4-6-9(8)12(18)22/h3-6,10,14-15H,1-2H3/t10-,14-,15-/m1/s1. The van der Waals surface area contributed by atoms with Crippen LogP contribution in [0.25, 0.3) is 0 Å². The van der Waals surface area contributed by atoms with Gasteiger partial charge in [0.05, 0.1) is 15.9 Å². The van der Waals surface area contributed by atoms with Crippen LogP contribution in [0.4, 0.5) is 0 Å². The van der Waals surface area contributed by atoms with Crippen LogP contribution in [0.5, 0.6) is 0 Å². The minimum Gasteiger partial charge on any atom is -0.302 e. The Balaban J connectivity index is 1.69. The molecule has 0 aromatic heterocycles. The summed E-state index contributed by atoms with van der Waals surface area (Å²) in [5, 5.41) is -0.392. The lowest BCUT2D eigenvalue weighted by molar-refractivity contribution is -0.152. The largest absolute Gasteiger partial charge is 0.302 e. The second kappa shape index (κ2) is 4.78. The van der Waals surface area contributed by atoms with Crippen LogP contribution in [0.3, 0.4) is 0 Å². The average molecular weight is 343 g/mol. The molecule has 3 heterocycles. The van der Waals surface area contributed by atoms with Gasteiger partial charge < -0.3 is 4.90 Å². The summed E-state index contributed by atoms with van der Waals surface area (Å²) in [5.74, 6) is -1.26. The van der Waals surface area contributed by atoms with E-state index >= 15 is 0 Å². The first-order valence-electron chi connectivity index (χ1n) is 7.42. The molecule has 0 bridgehead atoms. The SMILES string of the molecule is CC1(C)S[C@@H]2[C@H](N3C(=O)c4ccccc4C3=O)C(=O)N2[C@H]1N=C=O. The predicted molar refractivity (Wildman–Crippen MR) is 84.9 cm³/mol. The Morgan fingerprint density at radius 1 is 1.12 bits per heavy atom. The Bertz CT molecular complexity index is 810. The summed E-state index contributed by atoms with van der Waals surface area (Å²) in [5.41, 5.74) is 0.636. The van der Waals surface area contributed by atoms with Crippen molar-refractivity contribution in [2.45, 2.75) is 36.2 Å². The number of fused-ring (bicyclic) bond motifs is 2. The molecule has 122 valence electrons. The lowest BCUT2D eigenvalue weighted by Crippen LogP contribution is -2.70. The Labute approximate surface area is 141 Å². The Morgan fingerprint density at radius 2 is 1.71 bits per heavy atom. The maximum atomic E-state index is 12.6. The Hall–Kier alpha value is -2.44. The zero-order chi connectivity index (χ0) is 17.2. The highest BCUT2D eigenvalue weighted by atomic mass is 32.2. The average Bonchev–Trinajstić information content (AvgIpc) is 2.93. The highest BCUT2D eigenvalue weighted by molar-refractivity contribution is 8.01. The number of imide groups is 1. The van der Waals surface area contributed by atoms with E-state index in [1.165, 1.54) is 22.7 Å². The van der Waals surface area contributed by atoms with E-state index in [1.54, 1.807) is 24.3 Å². The van der Waals surface area contributed by atoms with Crippen LogP contribution in [-0.4, -0.2) is 55.9 Å². The summed E-state index contributed by atoms with van der Waals surface area (Å²) in [6.07, 6.45) is 0.872. The normalized spacial score (nSPS) is 29.9. The number of benzene rings is 1. The monoisotopic (exact) mass is 343 g/mol. The molecule has 3 atom stereocenters. The zero-order valence-electron chi connectivity index (χ0n) is 12.9. The number of thioether (sulfide) groups is 1.